The Morgan fingerprint density at radius 3 is 2.64 bits per heavy atom. The highest BCUT2D eigenvalue weighted by Crippen LogP contribution is 2.26. The molecule has 0 radical (unpaired) electrons. The maximum atomic E-state index is 13.5. The monoisotopic (exact) mass is 459 g/mol. The zero-order valence-corrected chi connectivity index (χ0v) is 19.6. The second-order valence-electron chi connectivity index (χ2n) is 7.61. The molecule has 0 spiro atoms. The number of aromatic nitrogens is 2. The number of carbonyl (C=O) groups is 1. The molecule has 33 heavy (non-hydrogen) atoms. The van der Waals surface area contributed by atoms with Gasteiger partial charge < -0.3 is 10.1 Å². The number of rotatable bonds is 7. The molecule has 0 fully saturated rings. The highest BCUT2D eigenvalue weighted by molar-refractivity contribution is 7.99. The van der Waals surface area contributed by atoms with Crippen LogP contribution in [0, 0.1) is 13.8 Å². The summed E-state index contributed by atoms with van der Waals surface area (Å²) in [5, 5.41) is 3.91. The molecule has 0 aliphatic carbocycles. The minimum absolute atomic E-state index is 0.0934. The van der Waals surface area contributed by atoms with Crippen molar-refractivity contribution in [3.8, 4) is 11.4 Å². The molecule has 168 valence electrons. The molecule has 7 heteroatoms. The van der Waals surface area contributed by atoms with E-state index in [0.29, 0.717) is 34.1 Å². The molecular weight excluding hydrogens is 434 g/mol. The van der Waals surface area contributed by atoms with Gasteiger partial charge in [-0.15, -0.1) is 0 Å². The van der Waals surface area contributed by atoms with Crippen LogP contribution in [0.5, 0.6) is 5.75 Å². The first-order valence-electron chi connectivity index (χ1n) is 10.7. The SMILES string of the molecule is CCOc1ccccc1NC(=O)CSc1nc2ccccc2c(=O)n1-c1cc(C)ccc1C. The number of amides is 1. The van der Waals surface area contributed by atoms with Crippen LogP contribution in [0.15, 0.2) is 76.7 Å². The van der Waals surface area contributed by atoms with Gasteiger partial charge in [0.1, 0.15) is 5.75 Å². The summed E-state index contributed by atoms with van der Waals surface area (Å²) in [5.41, 5.74) is 3.83. The Labute approximate surface area is 196 Å². The number of aryl methyl sites for hydroxylation is 2. The average Bonchev–Trinajstić information content (AvgIpc) is 2.81. The van der Waals surface area contributed by atoms with Crippen molar-refractivity contribution in [2.45, 2.75) is 25.9 Å². The Bertz CT molecular complexity index is 1380. The van der Waals surface area contributed by atoms with Gasteiger partial charge in [0.25, 0.3) is 5.56 Å². The number of anilines is 1. The van der Waals surface area contributed by atoms with Crippen molar-refractivity contribution in [1.82, 2.24) is 9.55 Å². The fraction of sp³-hybridized carbons (Fsp3) is 0.192. The molecule has 4 aromatic rings. The predicted molar refractivity (Wildman–Crippen MR) is 134 cm³/mol. The lowest BCUT2D eigenvalue weighted by Crippen LogP contribution is -2.23. The molecule has 6 nitrogen and oxygen atoms in total. The number of hydrogen-bond acceptors (Lipinski definition) is 5. The molecule has 4 rings (SSSR count). The van der Waals surface area contributed by atoms with Crippen molar-refractivity contribution in [3.05, 3.63) is 88.2 Å². The Balaban J connectivity index is 1.68. The van der Waals surface area contributed by atoms with Crippen LogP contribution < -0.4 is 15.6 Å². The third-order valence-corrected chi connectivity index (χ3v) is 6.08. The van der Waals surface area contributed by atoms with Crippen molar-refractivity contribution < 1.29 is 9.53 Å². The lowest BCUT2D eigenvalue weighted by atomic mass is 10.1. The molecule has 0 saturated carbocycles. The topological polar surface area (TPSA) is 73.2 Å². The quantitative estimate of drug-likeness (QED) is 0.306. The number of hydrogen-bond donors (Lipinski definition) is 1. The van der Waals surface area contributed by atoms with Crippen molar-refractivity contribution in [1.29, 1.82) is 0 Å². The lowest BCUT2D eigenvalue weighted by Gasteiger charge is -2.16. The van der Waals surface area contributed by atoms with E-state index in [1.54, 1.807) is 16.7 Å². The first-order chi connectivity index (χ1) is 16.0. The fourth-order valence-corrected chi connectivity index (χ4v) is 4.36. The highest BCUT2D eigenvalue weighted by atomic mass is 32.2. The van der Waals surface area contributed by atoms with E-state index in [9.17, 15) is 9.59 Å². The Morgan fingerprint density at radius 1 is 1.06 bits per heavy atom. The van der Waals surface area contributed by atoms with Crippen LogP contribution in [0.3, 0.4) is 0 Å². The molecule has 1 heterocycles. The number of thioether (sulfide) groups is 1. The third-order valence-electron chi connectivity index (χ3n) is 5.14. The van der Waals surface area contributed by atoms with E-state index in [4.69, 9.17) is 9.72 Å². The van der Waals surface area contributed by atoms with Gasteiger partial charge in [0, 0.05) is 0 Å². The molecule has 0 aliphatic heterocycles. The minimum Gasteiger partial charge on any atom is -0.492 e. The maximum absolute atomic E-state index is 13.5. The summed E-state index contributed by atoms with van der Waals surface area (Å²) in [5.74, 6) is 0.507. The van der Waals surface area contributed by atoms with E-state index in [-0.39, 0.29) is 17.2 Å². The summed E-state index contributed by atoms with van der Waals surface area (Å²) in [6, 6.07) is 20.5. The molecule has 0 bridgehead atoms. The smallest absolute Gasteiger partial charge is 0.266 e. The van der Waals surface area contributed by atoms with Gasteiger partial charge in [-0.1, -0.05) is 48.2 Å². The highest BCUT2D eigenvalue weighted by Gasteiger charge is 2.17. The van der Waals surface area contributed by atoms with Gasteiger partial charge in [-0.05, 0) is 62.2 Å². The first kappa shape index (κ1) is 22.6. The molecule has 0 atom stereocenters. The van der Waals surface area contributed by atoms with Crippen molar-refractivity contribution in [3.63, 3.8) is 0 Å². The molecule has 1 aromatic heterocycles. The zero-order chi connectivity index (χ0) is 23.4. The Hall–Kier alpha value is -3.58. The Kier molecular flexibility index (Phi) is 6.79. The predicted octanol–water partition coefficient (Wildman–Crippen LogP) is 5.13. The van der Waals surface area contributed by atoms with Crippen molar-refractivity contribution >= 4 is 34.3 Å². The van der Waals surface area contributed by atoms with Gasteiger partial charge in [-0.25, -0.2) is 4.98 Å². The average molecular weight is 460 g/mol. The number of fused-ring (bicyclic) bond motifs is 1. The second kappa shape index (κ2) is 9.92. The summed E-state index contributed by atoms with van der Waals surface area (Å²) in [4.78, 5) is 30.9. The standard InChI is InChI=1S/C26H25N3O3S/c1-4-32-23-12-8-7-11-21(23)27-24(30)16-33-26-28-20-10-6-5-9-19(20)25(31)29(26)22-15-17(2)13-14-18(22)3/h5-15H,4,16H2,1-3H3,(H,27,30). The van der Waals surface area contributed by atoms with E-state index >= 15 is 0 Å². The van der Waals surface area contributed by atoms with Gasteiger partial charge in [0.05, 0.1) is 34.6 Å². The fourth-order valence-electron chi connectivity index (χ4n) is 3.55. The third kappa shape index (κ3) is 4.93. The summed E-state index contributed by atoms with van der Waals surface area (Å²) in [6.07, 6.45) is 0. The van der Waals surface area contributed by atoms with Crippen LogP contribution in [0.2, 0.25) is 0 Å². The lowest BCUT2D eigenvalue weighted by molar-refractivity contribution is -0.113. The number of carbonyl (C=O) groups excluding carboxylic acids is 1. The van der Waals surface area contributed by atoms with Crippen LogP contribution in [-0.2, 0) is 4.79 Å². The summed E-state index contributed by atoms with van der Waals surface area (Å²) in [7, 11) is 0. The largest absolute Gasteiger partial charge is 0.492 e. The van der Waals surface area contributed by atoms with Crippen LogP contribution in [0.4, 0.5) is 5.69 Å². The minimum atomic E-state index is -0.206. The number of nitrogens with zero attached hydrogens (tertiary/aromatic N) is 2. The molecular formula is C26H25N3O3S. The molecule has 0 saturated heterocycles. The number of benzene rings is 3. The van der Waals surface area contributed by atoms with Gasteiger partial charge >= 0.3 is 0 Å². The normalized spacial score (nSPS) is 10.9. The van der Waals surface area contributed by atoms with Crippen LogP contribution in [0.1, 0.15) is 18.1 Å². The Morgan fingerprint density at radius 2 is 1.82 bits per heavy atom. The summed E-state index contributed by atoms with van der Waals surface area (Å²) in [6.45, 7) is 6.35. The van der Waals surface area contributed by atoms with Gasteiger partial charge in [0.15, 0.2) is 5.16 Å². The van der Waals surface area contributed by atoms with Crippen LogP contribution in [-0.4, -0.2) is 27.8 Å². The van der Waals surface area contributed by atoms with Gasteiger partial charge in [0.2, 0.25) is 5.91 Å². The number of para-hydroxylation sites is 3. The second-order valence-corrected chi connectivity index (χ2v) is 8.55. The van der Waals surface area contributed by atoms with Gasteiger partial charge in [-0.3, -0.25) is 14.2 Å². The summed E-state index contributed by atoms with van der Waals surface area (Å²) >= 11 is 1.23. The van der Waals surface area contributed by atoms with Gasteiger partial charge in [-0.2, -0.15) is 0 Å². The van der Waals surface area contributed by atoms with E-state index in [1.807, 2.05) is 75.4 Å². The molecule has 0 aliphatic rings. The van der Waals surface area contributed by atoms with Crippen LogP contribution >= 0.6 is 11.8 Å². The molecule has 1 N–H and O–H groups in total. The first-order valence-corrected chi connectivity index (χ1v) is 11.7. The molecule has 3 aromatic carbocycles. The number of nitrogens with one attached hydrogen (secondary N) is 1. The van der Waals surface area contributed by atoms with Crippen LogP contribution in [0.25, 0.3) is 16.6 Å². The zero-order valence-electron chi connectivity index (χ0n) is 18.8. The maximum Gasteiger partial charge on any atom is 0.266 e. The van der Waals surface area contributed by atoms with Crippen molar-refractivity contribution in [2.75, 3.05) is 17.7 Å². The number of ether oxygens (including phenoxy) is 1. The van der Waals surface area contributed by atoms with E-state index in [1.165, 1.54) is 11.8 Å². The van der Waals surface area contributed by atoms with Crippen molar-refractivity contribution in [2.24, 2.45) is 0 Å². The molecule has 0 unspecified atom stereocenters. The summed E-state index contributed by atoms with van der Waals surface area (Å²) < 4.78 is 7.19. The van der Waals surface area contributed by atoms with E-state index < -0.39 is 0 Å². The molecule has 1 amide bonds. The van der Waals surface area contributed by atoms with E-state index in [2.05, 4.69) is 5.32 Å². The van der Waals surface area contributed by atoms with E-state index in [0.717, 1.165) is 16.8 Å².